The van der Waals surface area contributed by atoms with Gasteiger partial charge in [0.05, 0.1) is 11.5 Å². The van der Waals surface area contributed by atoms with Crippen molar-refractivity contribution in [2.45, 2.75) is 46.3 Å². The van der Waals surface area contributed by atoms with Gasteiger partial charge in [0.15, 0.2) is 4.67 Å². The molecule has 7 heteroatoms. The number of fused-ring (bicyclic) bond motifs is 1. The Morgan fingerprint density at radius 3 is 2.56 bits per heavy atom. The fourth-order valence-corrected chi connectivity index (χ4v) is 2.75. The molecule has 2 N–H and O–H groups in total. The van der Waals surface area contributed by atoms with Crippen molar-refractivity contribution in [3.63, 3.8) is 0 Å². The predicted octanol–water partition coefficient (Wildman–Crippen LogP) is 3.63. The number of rotatable bonds is 7. The Kier molecular flexibility index (Phi) is 6.47. The van der Waals surface area contributed by atoms with E-state index in [1.54, 1.807) is 12.1 Å². The molecule has 6 nitrogen and oxygen atoms in total. The molecule has 2 aromatic rings. The van der Waals surface area contributed by atoms with Crippen LogP contribution >= 0.6 is 15.9 Å². The molecule has 0 saturated heterocycles. The van der Waals surface area contributed by atoms with Gasteiger partial charge in [0.2, 0.25) is 5.91 Å². The molecule has 1 heterocycles. The fraction of sp³-hybridized carbons (Fsp3) is 0.444. The normalized spacial score (nSPS) is 11.2. The number of ether oxygens (including phenoxy) is 1. The number of furan rings is 1. The summed E-state index contributed by atoms with van der Waals surface area (Å²) in [7, 11) is 0. The maximum absolute atomic E-state index is 12.4. The molecular formula is C18H23BrN2O4. The first-order chi connectivity index (χ1) is 11.8. The molecule has 1 aromatic carbocycles. The summed E-state index contributed by atoms with van der Waals surface area (Å²) in [6.45, 7) is 7.88. The maximum atomic E-state index is 12.4. The molecule has 0 aliphatic carbocycles. The summed E-state index contributed by atoms with van der Waals surface area (Å²) >= 11 is 3.30. The summed E-state index contributed by atoms with van der Waals surface area (Å²) in [5.41, 5.74) is 0.988. The molecule has 0 spiro atoms. The van der Waals surface area contributed by atoms with E-state index in [4.69, 9.17) is 9.15 Å². The molecule has 0 atom stereocenters. The topological polar surface area (TPSA) is 80.6 Å². The lowest BCUT2D eigenvalue weighted by atomic mass is 10.1. The van der Waals surface area contributed by atoms with Gasteiger partial charge in [-0.05, 0) is 55.8 Å². The van der Waals surface area contributed by atoms with Gasteiger partial charge in [-0.15, -0.1) is 0 Å². The minimum Gasteiger partial charge on any atom is -0.490 e. The number of hydrogen-bond acceptors (Lipinski definition) is 4. The first kappa shape index (κ1) is 19.3. The van der Waals surface area contributed by atoms with Crippen LogP contribution in [0.15, 0.2) is 27.3 Å². The summed E-state index contributed by atoms with van der Waals surface area (Å²) in [6.07, 6.45) is 0.197. The minimum atomic E-state index is -0.277. The second-order valence-corrected chi connectivity index (χ2v) is 7.11. The zero-order valence-electron chi connectivity index (χ0n) is 14.8. The van der Waals surface area contributed by atoms with E-state index in [0.717, 1.165) is 5.39 Å². The average Bonchev–Trinajstić information content (AvgIpc) is 2.86. The Morgan fingerprint density at radius 1 is 1.20 bits per heavy atom. The van der Waals surface area contributed by atoms with Crippen LogP contribution in [0, 0.1) is 0 Å². The van der Waals surface area contributed by atoms with Crippen molar-refractivity contribution in [2.75, 3.05) is 6.54 Å². The largest absolute Gasteiger partial charge is 0.490 e. The number of hydrogen-bond donors (Lipinski definition) is 2. The van der Waals surface area contributed by atoms with E-state index in [-0.39, 0.29) is 36.9 Å². The molecule has 0 radical (unpaired) electrons. The Hall–Kier alpha value is -2.02. The fourth-order valence-electron chi connectivity index (χ4n) is 2.34. The van der Waals surface area contributed by atoms with Crippen molar-refractivity contribution in [1.29, 1.82) is 0 Å². The molecule has 0 aliphatic rings. The van der Waals surface area contributed by atoms with Crippen LogP contribution in [0.1, 0.15) is 44.5 Å². The predicted molar refractivity (Wildman–Crippen MR) is 99.9 cm³/mol. The smallest absolute Gasteiger partial charge is 0.251 e. The summed E-state index contributed by atoms with van der Waals surface area (Å²) in [6, 6.07) is 5.24. The lowest BCUT2D eigenvalue weighted by Crippen LogP contribution is -2.34. The second-order valence-electron chi connectivity index (χ2n) is 6.33. The third-order valence-corrected chi connectivity index (χ3v) is 3.67. The van der Waals surface area contributed by atoms with Gasteiger partial charge in [-0.2, -0.15) is 0 Å². The van der Waals surface area contributed by atoms with Gasteiger partial charge in [-0.25, -0.2) is 0 Å². The van der Waals surface area contributed by atoms with Crippen LogP contribution in [0.4, 0.5) is 0 Å². The number of nitrogens with one attached hydrogen (secondary N) is 2. The van der Waals surface area contributed by atoms with Gasteiger partial charge >= 0.3 is 0 Å². The number of amides is 2. The molecular weight excluding hydrogens is 388 g/mol. The van der Waals surface area contributed by atoms with Gasteiger partial charge < -0.3 is 19.8 Å². The molecule has 2 amide bonds. The number of carbonyl (C=O) groups is 2. The van der Waals surface area contributed by atoms with Crippen LogP contribution in [-0.2, 0) is 4.79 Å². The van der Waals surface area contributed by atoms with Gasteiger partial charge in [-0.1, -0.05) is 0 Å². The summed E-state index contributed by atoms with van der Waals surface area (Å²) in [5.74, 6) is 0.217. The summed E-state index contributed by atoms with van der Waals surface area (Å²) in [5, 5.41) is 6.33. The zero-order valence-corrected chi connectivity index (χ0v) is 16.4. The lowest BCUT2D eigenvalue weighted by molar-refractivity contribution is -0.121. The van der Waals surface area contributed by atoms with Crippen LogP contribution in [0.3, 0.4) is 0 Å². The van der Waals surface area contributed by atoms with Crippen LogP contribution in [-0.4, -0.2) is 30.5 Å². The molecule has 1 aromatic heterocycles. The molecule has 2 rings (SSSR count). The van der Waals surface area contributed by atoms with Crippen molar-refractivity contribution in [1.82, 2.24) is 10.6 Å². The van der Waals surface area contributed by atoms with Crippen molar-refractivity contribution >= 4 is 38.7 Å². The van der Waals surface area contributed by atoms with E-state index in [2.05, 4.69) is 26.6 Å². The minimum absolute atomic E-state index is 0.0325. The van der Waals surface area contributed by atoms with E-state index in [9.17, 15) is 9.59 Å². The summed E-state index contributed by atoms with van der Waals surface area (Å²) in [4.78, 5) is 24.0. The molecule has 0 fully saturated rings. The van der Waals surface area contributed by atoms with E-state index < -0.39 is 0 Å². The average molecular weight is 411 g/mol. The van der Waals surface area contributed by atoms with Crippen molar-refractivity contribution in [3.05, 3.63) is 28.4 Å². The summed E-state index contributed by atoms with van der Waals surface area (Å²) < 4.78 is 11.9. The first-order valence-corrected chi connectivity index (χ1v) is 9.03. The Balaban J connectivity index is 2.11. The van der Waals surface area contributed by atoms with Crippen molar-refractivity contribution in [2.24, 2.45) is 0 Å². The highest BCUT2D eigenvalue weighted by Crippen LogP contribution is 2.33. The van der Waals surface area contributed by atoms with Crippen LogP contribution in [0.2, 0.25) is 0 Å². The molecule has 0 bridgehead atoms. The van der Waals surface area contributed by atoms with Crippen LogP contribution in [0.25, 0.3) is 11.0 Å². The lowest BCUT2D eigenvalue weighted by Gasteiger charge is -2.12. The highest BCUT2D eigenvalue weighted by molar-refractivity contribution is 9.10. The Morgan fingerprint density at radius 2 is 1.92 bits per heavy atom. The van der Waals surface area contributed by atoms with Gasteiger partial charge in [-0.3, -0.25) is 9.59 Å². The van der Waals surface area contributed by atoms with Gasteiger partial charge in [0, 0.05) is 30.6 Å². The van der Waals surface area contributed by atoms with Crippen LogP contribution in [0.5, 0.6) is 5.75 Å². The van der Waals surface area contributed by atoms with E-state index >= 15 is 0 Å². The monoisotopic (exact) mass is 410 g/mol. The molecule has 136 valence electrons. The number of carbonyl (C=O) groups excluding carboxylic acids is 2. The third kappa shape index (κ3) is 5.49. The van der Waals surface area contributed by atoms with E-state index in [0.29, 0.717) is 21.6 Å². The van der Waals surface area contributed by atoms with E-state index in [1.807, 2.05) is 33.8 Å². The maximum Gasteiger partial charge on any atom is 0.251 e. The Bertz CT molecular complexity index is 768. The third-order valence-electron chi connectivity index (χ3n) is 3.28. The molecule has 0 saturated carbocycles. The highest BCUT2D eigenvalue weighted by atomic mass is 79.9. The molecule has 0 unspecified atom stereocenters. The van der Waals surface area contributed by atoms with Crippen LogP contribution < -0.4 is 15.4 Å². The molecule has 25 heavy (non-hydrogen) atoms. The molecule has 0 aliphatic heterocycles. The van der Waals surface area contributed by atoms with Crippen molar-refractivity contribution < 1.29 is 18.7 Å². The van der Waals surface area contributed by atoms with Crippen molar-refractivity contribution in [3.8, 4) is 5.75 Å². The number of halogens is 1. The number of benzene rings is 1. The first-order valence-electron chi connectivity index (χ1n) is 8.23. The Labute approximate surface area is 155 Å². The standard InChI is InChI=1S/C18H23BrN2O4/c1-10(2)21-17(22)5-6-20-18(23)12-7-14(24-11(3)4)13-9-16(19)25-15(13)8-12/h7-11H,5-6H2,1-4H3,(H,20,23)(H,21,22). The second kappa shape index (κ2) is 8.38. The van der Waals surface area contributed by atoms with Gasteiger partial charge in [0.1, 0.15) is 11.3 Å². The van der Waals surface area contributed by atoms with Gasteiger partial charge in [0.25, 0.3) is 5.91 Å². The SMILES string of the molecule is CC(C)NC(=O)CCNC(=O)c1cc(OC(C)C)c2cc(Br)oc2c1. The quantitative estimate of drug-likeness (QED) is 0.729. The van der Waals surface area contributed by atoms with E-state index in [1.165, 1.54) is 0 Å². The zero-order chi connectivity index (χ0) is 18.6. The highest BCUT2D eigenvalue weighted by Gasteiger charge is 2.15.